The van der Waals surface area contributed by atoms with E-state index in [-0.39, 0.29) is 18.0 Å². The molecule has 0 spiro atoms. The Hall–Kier alpha value is -3.71. The number of anilines is 3. The van der Waals surface area contributed by atoms with Crippen molar-refractivity contribution >= 4 is 40.9 Å². The van der Waals surface area contributed by atoms with Crippen LogP contribution in [-0.2, 0) is 9.47 Å². The van der Waals surface area contributed by atoms with Gasteiger partial charge in [-0.05, 0) is 88.5 Å². The lowest BCUT2D eigenvalue weighted by atomic mass is 10.0. The Morgan fingerprint density at radius 3 is 2.11 bits per heavy atom. The number of nitrogens with zero attached hydrogens (tertiary/aromatic N) is 5. The molecule has 3 saturated heterocycles. The number of allylic oxidation sites excluding steroid dienone is 1. The molecule has 1 unspecified atom stereocenters. The van der Waals surface area contributed by atoms with E-state index in [1.165, 1.54) is 10.7 Å². The molecule has 0 aliphatic carbocycles. The normalized spacial score (nSPS) is 21.2. The number of rotatable bonds is 7. The summed E-state index contributed by atoms with van der Waals surface area (Å²) in [6.07, 6.45) is 6.61. The number of carbonyl (C=O) groups excluding carboxylic acids is 2. The molecule has 0 radical (unpaired) electrons. The van der Waals surface area contributed by atoms with Crippen LogP contribution in [0.2, 0.25) is 0 Å². The third-order valence-electron chi connectivity index (χ3n) is 8.89. The summed E-state index contributed by atoms with van der Waals surface area (Å²) in [5, 5.41) is 7.00. The van der Waals surface area contributed by atoms with E-state index in [0.29, 0.717) is 29.6 Å². The van der Waals surface area contributed by atoms with Crippen LogP contribution < -0.4 is 14.9 Å². The molecule has 3 fully saturated rings. The minimum atomic E-state index is -0.342. The van der Waals surface area contributed by atoms with Crippen molar-refractivity contribution in [2.75, 3.05) is 88.1 Å². The number of morpholine rings is 2. The molecule has 4 heterocycles. The van der Waals surface area contributed by atoms with E-state index < -0.39 is 0 Å². The summed E-state index contributed by atoms with van der Waals surface area (Å²) in [7, 11) is 4.18. The molecule has 0 saturated carbocycles. The molecule has 12 heteroatoms. The number of likely N-dealkylation sites (tertiary alicyclic amines) is 1. The summed E-state index contributed by atoms with van der Waals surface area (Å²) in [5.74, 6) is 0.0363. The number of nitrogens with one attached hydrogen (secondary N) is 2. The number of amides is 3. The highest BCUT2D eigenvalue weighted by Crippen LogP contribution is 2.37. The van der Waals surface area contributed by atoms with Crippen LogP contribution in [0.4, 0.5) is 21.9 Å². The molecule has 2 aromatic carbocycles. The van der Waals surface area contributed by atoms with E-state index in [0.717, 1.165) is 71.0 Å². The molecule has 2 aromatic rings. The maximum Gasteiger partial charge on any atom is 0.323 e. The average Bonchev–Trinajstić information content (AvgIpc) is 3.09. The highest BCUT2D eigenvalue weighted by molar-refractivity contribution is 8.04. The highest BCUT2D eigenvalue weighted by atomic mass is 32.2. The SMILES string of the molecule is CC1CN(C2=CN(c3ccc(NC(=O)Nc4ccc(C(=O)N5CCC(N(C)C)CC5)cc4)cc3)SC(N3CCOCC3)=C2)CCO1. The molecule has 246 valence electrons. The van der Waals surface area contributed by atoms with Crippen LogP contribution in [0.1, 0.15) is 30.1 Å². The first kappa shape index (κ1) is 32.2. The van der Waals surface area contributed by atoms with Gasteiger partial charge in [0.05, 0.1) is 42.3 Å². The highest BCUT2D eigenvalue weighted by Gasteiger charge is 2.27. The van der Waals surface area contributed by atoms with Gasteiger partial charge in [-0.15, -0.1) is 0 Å². The van der Waals surface area contributed by atoms with E-state index in [2.05, 4.69) is 62.9 Å². The van der Waals surface area contributed by atoms with Crippen LogP contribution in [0.25, 0.3) is 0 Å². The van der Waals surface area contributed by atoms with Crippen molar-refractivity contribution in [1.82, 2.24) is 19.6 Å². The van der Waals surface area contributed by atoms with Gasteiger partial charge >= 0.3 is 6.03 Å². The fraction of sp³-hybridized carbons (Fsp3) is 0.471. The number of carbonyl (C=O) groups is 2. The quantitative estimate of drug-likeness (QED) is 0.415. The number of piperidine rings is 1. The average molecular weight is 648 g/mol. The van der Waals surface area contributed by atoms with Crippen LogP contribution >= 0.6 is 11.9 Å². The standard InChI is InChI=1S/C34H45N7O4S/c1-25-23-40(18-21-45-25)31-22-32(38-16-19-44-20-17-38)46-41(24-31)30-10-8-28(9-11-30)36-34(43)35-27-6-4-26(5-7-27)33(42)39-14-12-29(13-15-39)37(2)3/h4-11,22,24-25,29H,12-21,23H2,1-3H3,(H2,35,36,43). The summed E-state index contributed by atoms with van der Waals surface area (Å²) in [4.78, 5) is 34.7. The fourth-order valence-corrected chi connectivity index (χ4v) is 7.23. The van der Waals surface area contributed by atoms with E-state index >= 15 is 0 Å². The Labute approximate surface area is 276 Å². The molecule has 0 aromatic heterocycles. The van der Waals surface area contributed by atoms with Crippen LogP contribution in [0.5, 0.6) is 0 Å². The summed E-state index contributed by atoms with van der Waals surface area (Å²) in [6, 6.07) is 15.1. The second-order valence-electron chi connectivity index (χ2n) is 12.4. The van der Waals surface area contributed by atoms with Crippen LogP contribution in [0.3, 0.4) is 0 Å². The number of benzene rings is 2. The van der Waals surface area contributed by atoms with Gasteiger partial charge in [-0.25, -0.2) is 4.79 Å². The van der Waals surface area contributed by atoms with E-state index in [9.17, 15) is 9.59 Å². The van der Waals surface area contributed by atoms with Gasteiger partial charge in [0.2, 0.25) is 0 Å². The molecule has 2 N–H and O–H groups in total. The first-order valence-electron chi connectivity index (χ1n) is 16.2. The number of ether oxygens (including phenoxy) is 2. The minimum Gasteiger partial charge on any atom is -0.378 e. The van der Waals surface area contributed by atoms with Crippen molar-refractivity contribution in [3.63, 3.8) is 0 Å². The predicted molar refractivity (Wildman–Crippen MR) is 184 cm³/mol. The molecule has 11 nitrogen and oxygen atoms in total. The van der Waals surface area contributed by atoms with Crippen LogP contribution in [-0.4, -0.2) is 117 Å². The van der Waals surface area contributed by atoms with Crippen molar-refractivity contribution in [3.05, 3.63) is 77.1 Å². The summed E-state index contributed by atoms with van der Waals surface area (Å²) >= 11 is 1.70. The molecule has 0 bridgehead atoms. The van der Waals surface area contributed by atoms with Crippen molar-refractivity contribution < 1.29 is 19.1 Å². The minimum absolute atomic E-state index is 0.0363. The zero-order valence-corrected chi connectivity index (χ0v) is 27.8. The van der Waals surface area contributed by atoms with Gasteiger partial charge in [0.15, 0.2) is 0 Å². The van der Waals surface area contributed by atoms with Gasteiger partial charge in [0, 0.05) is 80.4 Å². The Morgan fingerprint density at radius 1 is 0.848 bits per heavy atom. The fourth-order valence-electron chi connectivity index (χ4n) is 6.17. The van der Waals surface area contributed by atoms with Crippen molar-refractivity contribution in [3.8, 4) is 0 Å². The molecule has 46 heavy (non-hydrogen) atoms. The first-order valence-corrected chi connectivity index (χ1v) is 16.9. The number of urea groups is 1. The maximum atomic E-state index is 13.0. The Morgan fingerprint density at radius 2 is 1.48 bits per heavy atom. The lowest BCUT2D eigenvalue weighted by Gasteiger charge is -2.39. The molecular formula is C34H45N7O4S. The molecule has 4 aliphatic heterocycles. The number of hydrogen-bond acceptors (Lipinski definition) is 9. The van der Waals surface area contributed by atoms with Gasteiger partial charge < -0.3 is 39.7 Å². The third-order valence-corrected chi connectivity index (χ3v) is 9.97. The monoisotopic (exact) mass is 647 g/mol. The zero-order chi connectivity index (χ0) is 32.0. The van der Waals surface area contributed by atoms with Crippen molar-refractivity contribution in [1.29, 1.82) is 0 Å². The lowest BCUT2D eigenvalue weighted by Crippen LogP contribution is -2.44. The smallest absolute Gasteiger partial charge is 0.323 e. The van der Waals surface area contributed by atoms with Gasteiger partial charge in [-0.2, -0.15) is 0 Å². The molecular weight excluding hydrogens is 602 g/mol. The van der Waals surface area contributed by atoms with Crippen LogP contribution in [0, 0.1) is 0 Å². The summed E-state index contributed by atoms with van der Waals surface area (Å²) in [5.41, 5.74) is 4.12. The Balaban J connectivity index is 1.05. The first-order chi connectivity index (χ1) is 22.3. The van der Waals surface area contributed by atoms with Gasteiger partial charge in [0.1, 0.15) is 0 Å². The molecule has 1 atom stereocenters. The summed E-state index contributed by atoms with van der Waals surface area (Å²) < 4.78 is 13.6. The Bertz CT molecular complexity index is 1420. The van der Waals surface area contributed by atoms with E-state index in [1.807, 2.05) is 29.2 Å². The van der Waals surface area contributed by atoms with E-state index in [1.54, 1.807) is 36.2 Å². The second-order valence-corrected chi connectivity index (χ2v) is 13.4. The third kappa shape index (κ3) is 7.98. The van der Waals surface area contributed by atoms with Gasteiger partial charge in [0.25, 0.3) is 5.91 Å². The molecule has 3 amide bonds. The number of hydrogen-bond donors (Lipinski definition) is 2. The van der Waals surface area contributed by atoms with Gasteiger partial charge in [-0.1, -0.05) is 0 Å². The van der Waals surface area contributed by atoms with Crippen molar-refractivity contribution in [2.24, 2.45) is 0 Å². The van der Waals surface area contributed by atoms with Gasteiger partial charge in [-0.3, -0.25) is 9.10 Å². The zero-order valence-electron chi connectivity index (χ0n) is 27.0. The lowest BCUT2D eigenvalue weighted by molar-refractivity contribution is -0.00468. The topological polar surface area (TPSA) is 92.9 Å². The predicted octanol–water partition coefficient (Wildman–Crippen LogP) is 4.70. The Kier molecular flexibility index (Phi) is 10.4. The summed E-state index contributed by atoms with van der Waals surface area (Å²) in [6.45, 7) is 9.25. The largest absolute Gasteiger partial charge is 0.378 e. The van der Waals surface area contributed by atoms with E-state index in [4.69, 9.17) is 9.47 Å². The van der Waals surface area contributed by atoms with Crippen molar-refractivity contribution in [2.45, 2.75) is 31.9 Å². The van der Waals surface area contributed by atoms with Crippen LogP contribution in [0.15, 0.2) is 71.5 Å². The maximum absolute atomic E-state index is 13.0. The second kappa shape index (κ2) is 14.8. The molecule has 4 aliphatic rings. The molecule has 6 rings (SSSR count).